The highest BCUT2D eigenvalue weighted by molar-refractivity contribution is 5.62. The molecule has 2 aliphatic rings. The van der Waals surface area contributed by atoms with Gasteiger partial charge < -0.3 is 10.2 Å². The maximum Gasteiger partial charge on any atom is 0.115 e. The van der Waals surface area contributed by atoms with E-state index in [2.05, 4.69) is 6.08 Å². The van der Waals surface area contributed by atoms with Crippen molar-refractivity contribution >= 4 is 6.08 Å². The Morgan fingerprint density at radius 3 is 2.56 bits per heavy atom. The van der Waals surface area contributed by atoms with E-state index in [1.165, 1.54) is 17.6 Å². The van der Waals surface area contributed by atoms with Crippen molar-refractivity contribution in [2.45, 2.75) is 50.5 Å². The highest BCUT2D eigenvalue weighted by atomic mass is 16.3. The minimum absolute atomic E-state index is 0.335. The molecule has 2 aliphatic carbocycles. The summed E-state index contributed by atoms with van der Waals surface area (Å²) in [4.78, 5) is 0. The van der Waals surface area contributed by atoms with Crippen LogP contribution in [-0.4, -0.2) is 15.8 Å². The van der Waals surface area contributed by atoms with Crippen LogP contribution in [0.1, 0.15) is 49.7 Å². The second-order valence-corrected chi connectivity index (χ2v) is 5.64. The topological polar surface area (TPSA) is 40.5 Å². The zero-order valence-electron chi connectivity index (χ0n) is 10.7. The van der Waals surface area contributed by atoms with E-state index in [9.17, 15) is 10.2 Å². The summed E-state index contributed by atoms with van der Waals surface area (Å²) < 4.78 is 0. The maximum absolute atomic E-state index is 10.8. The smallest absolute Gasteiger partial charge is 0.115 e. The van der Waals surface area contributed by atoms with E-state index in [0.717, 1.165) is 44.1 Å². The number of fused-ring (bicyclic) bond motifs is 1. The van der Waals surface area contributed by atoms with Crippen LogP contribution in [0.5, 0.6) is 5.75 Å². The van der Waals surface area contributed by atoms with Gasteiger partial charge in [-0.25, -0.2) is 0 Å². The molecule has 0 heterocycles. The monoisotopic (exact) mass is 244 g/mol. The Balaban J connectivity index is 1.93. The average Bonchev–Trinajstić information content (AvgIpc) is 2.39. The van der Waals surface area contributed by atoms with E-state index < -0.39 is 5.60 Å². The van der Waals surface area contributed by atoms with E-state index in [-0.39, 0.29) is 0 Å². The van der Waals surface area contributed by atoms with E-state index in [0.29, 0.717) is 5.75 Å². The molecule has 2 heteroatoms. The fraction of sp³-hybridized carbons (Fsp3) is 0.500. The Morgan fingerprint density at radius 2 is 1.78 bits per heavy atom. The van der Waals surface area contributed by atoms with Gasteiger partial charge in [0.05, 0.1) is 5.60 Å². The zero-order valence-corrected chi connectivity index (χ0v) is 10.7. The molecule has 2 nitrogen and oxygen atoms in total. The lowest BCUT2D eigenvalue weighted by Gasteiger charge is -2.36. The first kappa shape index (κ1) is 11.8. The lowest BCUT2D eigenvalue weighted by Crippen LogP contribution is -2.34. The molecular weight excluding hydrogens is 224 g/mol. The minimum atomic E-state index is -0.562. The molecule has 1 aromatic carbocycles. The van der Waals surface area contributed by atoms with Crippen molar-refractivity contribution in [3.05, 3.63) is 34.9 Å². The number of aryl methyl sites for hydroxylation is 1. The fourth-order valence-electron chi connectivity index (χ4n) is 3.30. The first-order valence-electron chi connectivity index (χ1n) is 6.93. The third kappa shape index (κ3) is 2.05. The summed E-state index contributed by atoms with van der Waals surface area (Å²) >= 11 is 0. The van der Waals surface area contributed by atoms with Crippen LogP contribution in [0.4, 0.5) is 0 Å². The number of benzene rings is 1. The highest BCUT2D eigenvalue weighted by Crippen LogP contribution is 2.39. The fourth-order valence-corrected chi connectivity index (χ4v) is 3.30. The lowest BCUT2D eigenvalue weighted by atomic mass is 9.75. The Bertz CT molecular complexity index is 482. The standard InChI is InChI=1S/C16H20O2/c17-15-7-5-12-10-14(6-4-13(12)11-15)16(18)8-2-1-3-9-16/h5,7,10-11,17-18H,1-4,6,8-9H2. The van der Waals surface area contributed by atoms with Gasteiger partial charge in [0.2, 0.25) is 0 Å². The van der Waals surface area contributed by atoms with Gasteiger partial charge in [0, 0.05) is 0 Å². The molecule has 0 unspecified atom stereocenters. The highest BCUT2D eigenvalue weighted by Gasteiger charge is 2.34. The van der Waals surface area contributed by atoms with Gasteiger partial charge in [0.25, 0.3) is 0 Å². The van der Waals surface area contributed by atoms with Gasteiger partial charge in [0.1, 0.15) is 5.75 Å². The van der Waals surface area contributed by atoms with Crippen molar-refractivity contribution in [1.29, 1.82) is 0 Å². The molecule has 3 rings (SSSR count). The van der Waals surface area contributed by atoms with E-state index in [4.69, 9.17) is 0 Å². The molecule has 1 fully saturated rings. The van der Waals surface area contributed by atoms with Crippen molar-refractivity contribution in [2.24, 2.45) is 0 Å². The van der Waals surface area contributed by atoms with E-state index >= 15 is 0 Å². The molecule has 1 aromatic rings. The van der Waals surface area contributed by atoms with Crippen LogP contribution in [-0.2, 0) is 6.42 Å². The SMILES string of the molecule is Oc1ccc2c(c1)CCC(C1(O)CCCCC1)=C2. The van der Waals surface area contributed by atoms with Crippen LogP contribution in [0.15, 0.2) is 23.8 Å². The summed E-state index contributed by atoms with van der Waals surface area (Å²) in [6, 6.07) is 5.52. The Morgan fingerprint density at radius 1 is 1.00 bits per heavy atom. The van der Waals surface area contributed by atoms with Gasteiger partial charge in [-0.15, -0.1) is 0 Å². The number of hydrogen-bond donors (Lipinski definition) is 2. The van der Waals surface area contributed by atoms with Crippen molar-refractivity contribution in [2.75, 3.05) is 0 Å². The number of aliphatic hydroxyl groups is 1. The first-order valence-corrected chi connectivity index (χ1v) is 6.93. The normalized spacial score (nSPS) is 22.2. The molecule has 0 atom stereocenters. The number of rotatable bonds is 1. The van der Waals surface area contributed by atoms with Gasteiger partial charge in [-0.2, -0.15) is 0 Å². The predicted molar refractivity (Wildman–Crippen MR) is 72.4 cm³/mol. The van der Waals surface area contributed by atoms with Gasteiger partial charge >= 0.3 is 0 Å². The summed E-state index contributed by atoms with van der Waals surface area (Å²) in [6.07, 6.45) is 9.33. The van der Waals surface area contributed by atoms with Crippen molar-refractivity contribution in [1.82, 2.24) is 0 Å². The van der Waals surface area contributed by atoms with Gasteiger partial charge in [-0.3, -0.25) is 0 Å². The summed E-state index contributed by atoms with van der Waals surface area (Å²) in [5, 5.41) is 20.2. The quantitative estimate of drug-likeness (QED) is 0.794. The van der Waals surface area contributed by atoms with E-state index in [1.807, 2.05) is 12.1 Å². The first-order chi connectivity index (χ1) is 8.67. The maximum atomic E-state index is 10.8. The molecule has 0 amide bonds. The molecule has 0 spiro atoms. The van der Waals surface area contributed by atoms with Gasteiger partial charge in [-0.1, -0.05) is 31.4 Å². The van der Waals surface area contributed by atoms with Crippen LogP contribution in [0.25, 0.3) is 6.08 Å². The molecule has 1 saturated carbocycles. The molecule has 96 valence electrons. The number of phenols is 1. The molecule has 0 bridgehead atoms. The van der Waals surface area contributed by atoms with Crippen LogP contribution in [0.3, 0.4) is 0 Å². The predicted octanol–water partition coefficient (Wildman–Crippen LogP) is 3.42. The summed E-state index contributed by atoms with van der Waals surface area (Å²) in [5.74, 6) is 0.335. The second kappa shape index (κ2) is 4.43. The van der Waals surface area contributed by atoms with Crippen LogP contribution >= 0.6 is 0 Å². The Labute approximate surface area is 108 Å². The Hall–Kier alpha value is -1.28. The average molecular weight is 244 g/mol. The zero-order chi connectivity index (χ0) is 12.6. The third-order valence-corrected chi connectivity index (χ3v) is 4.40. The lowest BCUT2D eigenvalue weighted by molar-refractivity contribution is 0.0373. The van der Waals surface area contributed by atoms with E-state index in [1.54, 1.807) is 6.07 Å². The van der Waals surface area contributed by atoms with Crippen LogP contribution in [0.2, 0.25) is 0 Å². The molecule has 0 aliphatic heterocycles. The Kier molecular flexibility index (Phi) is 2.90. The van der Waals surface area contributed by atoms with Gasteiger partial charge in [-0.05, 0) is 54.5 Å². The number of phenolic OH excluding ortho intramolecular Hbond substituents is 1. The molecule has 0 aromatic heterocycles. The number of hydrogen-bond acceptors (Lipinski definition) is 2. The molecule has 18 heavy (non-hydrogen) atoms. The van der Waals surface area contributed by atoms with Crippen LogP contribution in [0, 0.1) is 0 Å². The van der Waals surface area contributed by atoms with Gasteiger partial charge in [0.15, 0.2) is 0 Å². The second-order valence-electron chi connectivity index (χ2n) is 5.64. The van der Waals surface area contributed by atoms with Crippen molar-refractivity contribution in [3.8, 4) is 5.75 Å². The third-order valence-electron chi connectivity index (χ3n) is 4.40. The molecule has 0 saturated heterocycles. The molecular formula is C16H20O2. The minimum Gasteiger partial charge on any atom is -0.508 e. The summed E-state index contributed by atoms with van der Waals surface area (Å²) in [5.41, 5.74) is 2.99. The van der Waals surface area contributed by atoms with Crippen molar-refractivity contribution in [3.63, 3.8) is 0 Å². The summed E-state index contributed by atoms with van der Waals surface area (Å²) in [6.45, 7) is 0. The number of aromatic hydroxyl groups is 1. The van der Waals surface area contributed by atoms with Crippen LogP contribution < -0.4 is 0 Å². The summed E-state index contributed by atoms with van der Waals surface area (Å²) in [7, 11) is 0. The molecule has 0 radical (unpaired) electrons. The molecule has 2 N–H and O–H groups in total. The largest absolute Gasteiger partial charge is 0.508 e. The van der Waals surface area contributed by atoms with Crippen molar-refractivity contribution < 1.29 is 10.2 Å².